The number of hydrogen-bond donors (Lipinski definition) is 0. The quantitative estimate of drug-likeness (QED) is 0.396. The van der Waals surface area contributed by atoms with Gasteiger partial charge in [0.25, 0.3) is 0 Å². The number of aromatic nitrogens is 2. The molecular formula is C23H21ClN2O. The summed E-state index contributed by atoms with van der Waals surface area (Å²) in [6.45, 7) is 2.82. The summed E-state index contributed by atoms with van der Waals surface area (Å²) >= 11 is 6.19. The lowest BCUT2D eigenvalue weighted by Crippen LogP contribution is -2.14. The fraction of sp³-hybridized carbons (Fsp3) is 0.174. The van der Waals surface area contributed by atoms with Gasteiger partial charge in [-0.05, 0) is 48.4 Å². The summed E-state index contributed by atoms with van der Waals surface area (Å²) in [7, 11) is 0. The Morgan fingerprint density at radius 1 is 0.963 bits per heavy atom. The van der Waals surface area contributed by atoms with Crippen LogP contribution in [0.1, 0.15) is 30.8 Å². The van der Waals surface area contributed by atoms with Gasteiger partial charge in [-0.1, -0.05) is 61.0 Å². The zero-order valence-electron chi connectivity index (χ0n) is 15.2. The number of halogens is 1. The highest BCUT2D eigenvalue weighted by atomic mass is 35.5. The van der Waals surface area contributed by atoms with Crippen LogP contribution in [0, 0.1) is 0 Å². The number of ether oxygens (including phenoxy) is 1. The second kappa shape index (κ2) is 7.85. The molecule has 0 saturated carbocycles. The van der Waals surface area contributed by atoms with E-state index in [0.29, 0.717) is 6.54 Å². The largest absolute Gasteiger partial charge is 0.483 e. The Morgan fingerprint density at radius 2 is 1.74 bits per heavy atom. The zero-order valence-corrected chi connectivity index (χ0v) is 15.9. The molecule has 0 N–H and O–H groups in total. The van der Waals surface area contributed by atoms with Gasteiger partial charge in [0.1, 0.15) is 5.75 Å². The van der Waals surface area contributed by atoms with Crippen molar-refractivity contribution in [2.75, 3.05) is 0 Å². The molecule has 136 valence electrons. The van der Waals surface area contributed by atoms with Crippen molar-refractivity contribution in [3.8, 4) is 5.75 Å². The normalized spacial score (nSPS) is 12.2. The number of nitrogens with zero attached hydrogens (tertiary/aromatic N) is 2. The van der Waals surface area contributed by atoms with Gasteiger partial charge < -0.3 is 9.30 Å². The summed E-state index contributed by atoms with van der Waals surface area (Å²) < 4.78 is 8.51. The molecule has 3 aromatic carbocycles. The van der Waals surface area contributed by atoms with E-state index in [9.17, 15) is 0 Å². The highest BCUT2D eigenvalue weighted by Gasteiger charge is 2.21. The maximum atomic E-state index is 6.27. The van der Waals surface area contributed by atoms with Gasteiger partial charge in [0.15, 0.2) is 11.9 Å². The molecule has 3 nitrogen and oxygen atoms in total. The molecule has 4 aromatic rings. The maximum Gasteiger partial charge on any atom is 0.156 e. The van der Waals surface area contributed by atoms with Gasteiger partial charge in [-0.25, -0.2) is 4.98 Å². The van der Waals surface area contributed by atoms with Crippen molar-refractivity contribution < 1.29 is 4.74 Å². The van der Waals surface area contributed by atoms with Gasteiger partial charge >= 0.3 is 0 Å². The van der Waals surface area contributed by atoms with Crippen LogP contribution in [-0.4, -0.2) is 9.55 Å². The fourth-order valence-corrected chi connectivity index (χ4v) is 3.52. The van der Waals surface area contributed by atoms with E-state index in [0.717, 1.165) is 39.6 Å². The third kappa shape index (κ3) is 3.83. The molecule has 1 atom stereocenters. The highest BCUT2D eigenvalue weighted by Crippen LogP contribution is 2.28. The molecule has 0 aliphatic heterocycles. The first-order valence-electron chi connectivity index (χ1n) is 9.16. The molecule has 4 heteroatoms. The van der Waals surface area contributed by atoms with Crippen molar-refractivity contribution in [1.82, 2.24) is 9.55 Å². The molecule has 0 amide bonds. The van der Waals surface area contributed by atoms with Gasteiger partial charge in [-0.15, -0.1) is 0 Å². The number of para-hydroxylation sites is 3. The molecule has 0 aliphatic rings. The summed E-state index contributed by atoms with van der Waals surface area (Å²) in [4.78, 5) is 4.90. The number of imidazole rings is 1. The van der Waals surface area contributed by atoms with Crippen LogP contribution in [0.25, 0.3) is 11.0 Å². The molecule has 4 rings (SSSR count). The second-order valence-corrected chi connectivity index (χ2v) is 6.94. The minimum atomic E-state index is -0.126. The zero-order chi connectivity index (χ0) is 18.6. The number of hydrogen-bond acceptors (Lipinski definition) is 2. The van der Waals surface area contributed by atoms with Crippen LogP contribution in [0.15, 0.2) is 78.9 Å². The average Bonchev–Trinajstić information content (AvgIpc) is 3.05. The van der Waals surface area contributed by atoms with E-state index in [2.05, 4.69) is 23.6 Å². The molecule has 1 aromatic heterocycles. The van der Waals surface area contributed by atoms with E-state index >= 15 is 0 Å². The SMILES string of the molecule is CCC(Oc1ccccc1)c1nc2ccccc2n1Cc1cccc(Cl)c1. The first kappa shape index (κ1) is 17.6. The summed E-state index contributed by atoms with van der Waals surface area (Å²) in [5.74, 6) is 1.79. The lowest BCUT2D eigenvalue weighted by atomic mass is 10.2. The standard InChI is InChI=1S/C23H21ClN2O/c1-2-22(27-19-11-4-3-5-12-19)23-25-20-13-6-7-14-21(20)26(23)16-17-9-8-10-18(24)15-17/h3-15,22H,2,16H2,1H3. The third-order valence-electron chi connectivity index (χ3n) is 4.59. The molecule has 0 fully saturated rings. The Bertz CT molecular complexity index is 1040. The van der Waals surface area contributed by atoms with Gasteiger partial charge in [-0.2, -0.15) is 0 Å². The molecule has 1 unspecified atom stereocenters. The van der Waals surface area contributed by atoms with Crippen LogP contribution in [0.5, 0.6) is 5.75 Å². The summed E-state index contributed by atoms with van der Waals surface area (Å²) in [6, 6.07) is 26.1. The first-order valence-corrected chi connectivity index (χ1v) is 9.53. The maximum absolute atomic E-state index is 6.27. The lowest BCUT2D eigenvalue weighted by Gasteiger charge is -2.19. The molecular weight excluding hydrogens is 356 g/mol. The second-order valence-electron chi connectivity index (χ2n) is 6.50. The van der Waals surface area contributed by atoms with Crippen LogP contribution in [-0.2, 0) is 6.54 Å². The Kier molecular flexibility index (Phi) is 5.12. The lowest BCUT2D eigenvalue weighted by molar-refractivity contribution is 0.187. The molecule has 0 saturated heterocycles. The number of fused-ring (bicyclic) bond motifs is 1. The van der Waals surface area contributed by atoms with E-state index in [4.69, 9.17) is 21.3 Å². The summed E-state index contributed by atoms with van der Waals surface area (Å²) in [5.41, 5.74) is 3.22. The Balaban J connectivity index is 1.76. The smallest absolute Gasteiger partial charge is 0.156 e. The van der Waals surface area contributed by atoms with Crippen molar-refractivity contribution in [3.63, 3.8) is 0 Å². The van der Waals surface area contributed by atoms with Crippen molar-refractivity contribution in [2.45, 2.75) is 26.0 Å². The monoisotopic (exact) mass is 376 g/mol. The molecule has 27 heavy (non-hydrogen) atoms. The Labute approximate surface area is 164 Å². The molecule has 0 aliphatic carbocycles. The summed E-state index contributed by atoms with van der Waals surface area (Å²) in [5, 5.41) is 0.742. The number of benzene rings is 3. The van der Waals surface area contributed by atoms with E-state index in [1.54, 1.807) is 0 Å². The van der Waals surface area contributed by atoms with Crippen LogP contribution in [0.4, 0.5) is 0 Å². The van der Waals surface area contributed by atoms with Crippen LogP contribution < -0.4 is 4.74 Å². The van der Waals surface area contributed by atoms with Crippen LogP contribution in [0.2, 0.25) is 5.02 Å². The Morgan fingerprint density at radius 3 is 2.52 bits per heavy atom. The van der Waals surface area contributed by atoms with E-state index in [1.165, 1.54) is 0 Å². The van der Waals surface area contributed by atoms with Gasteiger partial charge in [-0.3, -0.25) is 0 Å². The highest BCUT2D eigenvalue weighted by molar-refractivity contribution is 6.30. The minimum absolute atomic E-state index is 0.126. The third-order valence-corrected chi connectivity index (χ3v) is 4.83. The van der Waals surface area contributed by atoms with Gasteiger partial charge in [0.2, 0.25) is 0 Å². The predicted molar refractivity (Wildman–Crippen MR) is 110 cm³/mol. The van der Waals surface area contributed by atoms with Crippen LogP contribution in [0.3, 0.4) is 0 Å². The van der Waals surface area contributed by atoms with Crippen LogP contribution >= 0.6 is 11.6 Å². The Hall–Kier alpha value is -2.78. The van der Waals surface area contributed by atoms with Gasteiger partial charge in [0, 0.05) is 11.6 Å². The summed E-state index contributed by atoms with van der Waals surface area (Å²) in [6.07, 6.45) is 0.701. The van der Waals surface area contributed by atoms with E-state index in [-0.39, 0.29) is 6.10 Å². The predicted octanol–water partition coefficient (Wildman–Crippen LogP) is 6.27. The van der Waals surface area contributed by atoms with E-state index in [1.807, 2.05) is 66.7 Å². The first-order chi connectivity index (χ1) is 13.2. The van der Waals surface area contributed by atoms with Crippen molar-refractivity contribution in [1.29, 1.82) is 0 Å². The van der Waals surface area contributed by atoms with Gasteiger partial charge in [0.05, 0.1) is 11.0 Å². The van der Waals surface area contributed by atoms with E-state index < -0.39 is 0 Å². The van der Waals surface area contributed by atoms with Crippen molar-refractivity contribution in [3.05, 3.63) is 95.3 Å². The molecule has 0 spiro atoms. The van der Waals surface area contributed by atoms with Crippen molar-refractivity contribution >= 4 is 22.6 Å². The minimum Gasteiger partial charge on any atom is -0.483 e. The molecule has 0 radical (unpaired) electrons. The average molecular weight is 377 g/mol. The fourth-order valence-electron chi connectivity index (χ4n) is 3.31. The molecule has 1 heterocycles. The molecule has 0 bridgehead atoms. The van der Waals surface area contributed by atoms with Crippen molar-refractivity contribution in [2.24, 2.45) is 0 Å². The topological polar surface area (TPSA) is 27.1 Å². The number of rotatable bonds is 6.